The first kappa shape index (κ1) is 5.71. The van der Waals surface area contributed by atoms with Crippen molar-refractivity contribution in [3.63, 3.8) is 0 Å². The van der Waals surface area contributed by atoms with Crippen LogP contribution in [0.5, 0.6) is 0 Å². The molecule has 0 amide bonds. The fourth-order valence-corrected chi connectivity index (χ4v) is 1.33. The Hall–Kier alpha value is -1.05. The number of hydrogen-bond acceptors (Lipinski definition) is 1. The molecule has 2 nitrogen and oxygen atoms in total. The van der Waals surface area contributed by atoms with Crippen LogP contribution in [0.15, 0.2) is 11.2 Å². The summed E-state index contributed by atoms with van der Waals surface area (Å²) in [7, 11) is 0. The Bertz CT molecular complexity index is 271. The predicted molar refractivity (Wildman–Crippen MR) is 42.0 cm³/mol. The van der Waals surface area contributed by atoms with Crippen molar-refractivity contribution in [2.24, 2.45) is 4.99 Å². The normalized spacial score (nSPS) is 15.3. The van der Waals surface area contributed by atoms with Gasteiger partial charge in [-0.2, -0.15) is 0 Å². The zero-order valence-electron chi connectivity index (χ0n) is 6.02. The Balaban J connectivity index is 2.57. The topological polar surface area (TPSA) is 28.1 Å². The molecule has 0 bridgehead atoms. The highest BCUT2D eigenvalue weighted by molar-refractivity contribution is 5.67. The molecule has 2 heteroatoms. The number of nitrogens with one attached hydrogen (secondary N) is 1. The molecule has 1 aliphatic rings. The summed E-state index contributed by atoms with van der Waals surface area (Å²) in [6.07, 6.45) is 6.23. The van der Waals surface area contributed by atoms with Crippen LogP contribution in [0.4, 0.5) is 5.82 Å². The summed E-state index contributed by atoms with van der Waals surface area (Å²) in [5.41, 5.74) is 2.73. The lowest BCUT2D eigenvalue weighted by molar-refractivity contribution is 1.02. The quantitative estimate of drug-likeness (QED) is 0.562. The fraction of sp³-hybridized carbons (Fsp3) is 0.375. The molecule has 0 aliphatic carbocycles. The highest BCUT2D eigenvalue weighted by Gasteiger charge is 2.08. The van der Waals surface area contributed by atoms with Gasteiger partial charge in [-0.05, 0) is 30.9 Å². The first-order valence-electron chi connectivity index (χ1n) is 3.57. The Morgan fingerprint density at radius 3 is 3.30 bits per heavy atom. The number of aromatic amines is 1. The van der Waals surface area contributed by atoms with Gasteiger partial charge in [0, 0.05) is 12.4 Å². The first-order chi connectivity index (χ1) is 4.88. The van der Waals surface area contributed by atoms with Crippen LogP contribution in [0, 0.1) is 6.92 Å². The SMILES string of the molecule is Cc1c[nH]c2c1CCC=N2. The molecule has 1 aliphatic heterocycles. The molecule has 0 saturated carbocycles. The molecule has 0 atom stereocenters. The molecule has 1 aromatic heterocycles. The second-order valence-corrected chi connectivity index (χ2v) is 2.65. The molecule has 2 heterocycles. The number of aromatic nitrogens is 1. The first-order valence-corrected chi connectivity index (χ1v) is 3.57. The van der Waals surface area contributed by atoms with Gasteiger partial charge in [0.15, 0.2) is 0 Å². The second kappa shape index (κ2) is 1.97. The van der Waals surface area contributed by atoms with Crippen LogP contribution in [0.1, 0.15) is 17.5 Å². The summed E-state index contributed by atoms with van der Waals surface area (Å²) in [6.45, 7) is 2.12. The van der Waals surface area contributed by atoms with E-state index in [4.69, 9.17) is 0 Å². The van der Waals surface area contributed by atoms with Gasteiger partial charge in [-0.25, -0.2) is 4.99 Å². The zero-order chi connectivity index (χ0) is 6.97. The van der Waals surface area contributed by atoms with Crippen molar-refractivity contribution in [1.82, 2.24) is 4.98 Å². The number of rotatable bonds is 0. The molecule has 0 aromatic carbocycles. The maximum Gasteiger partial charge on any atom is 0.132 e. The summed E-state index contributed by atoms with van der Waals surface area (Å²) in [5.74, 6) is 1.06. The second-order valence-electron chi connectivity index (χ2n) is 2.65. The van der Waals surface area contributed by atoms with Gasteiger partial charge in [-0.15, -0.1) is 0 Å². The van der Waals surface area contributed by atoms with Gasteiger partial charge in [0.2, 0.25) is 0 Å². The van der Waals surface area contributed by atoms with Crippen LogP contribution >= 0.6 is 0 Å². The third-order valence-electron chi connectivity index (χ3n) is 1.93. The molecule has 2 rings (SSSR count). The summed E-state index contributed by atoms with van der Waals surface area (Å²) in [5, 5.41) is 0. The summed E-state index contributed by atoms with van der Waals surface area (Å²) in [6, 6.07) is 0. The molecule has 0 radical (unpaired) electrons. The number of nitrogens with zero attached hydrogens (tertiary/aromatic N) is 1. The molecule has 1 N–H and O–H groups in total. The molecular formula is C8H10N2. The maximum absolute atomic E-state index is 4.23. The van der Waals surface area contributed by atoms with E-state index >= 15 is 0 Å². The van der Waals surface area contributed by atoms with Gasteiger partial charge in [0.05, 0.1) is 0 Å². The summed E-state index contributed by atoms with van der Waals surface area (Å²) in [4.78, 5) is 7.36. The van der Waals surface area contributed by atoms with Gasteiger partial charge in [-0.1, -0.05) is 0 Å². The van der Waals surface area contributed by atoms with Crippen molar-refractivity contribution >= 4 is 12.0 Å². The molecule has 10 heavy (non-hydrogen) atoms. The monoisotopic (exact) mass is 134 g/mol. The van der Waals surface area contributed by atoms with Crippen molar-refractivity contribution in [2.75, 3.05) is 0 Å². The van der Waals surface area contributed by atoms with Gasteiger partial charge >= 0.3 is 0 Å². The van der Waals surface area contributed by atoms with Gasteiger partial charge in [-0.3, -0.25) is 0 Å². The van der Waals surface area contributed by atoms with E-state index in [-0.39, 0.29) is 0 Å². The van der Waals surface area contributed by atoms with E-state index in [0.29, 0.717) is 0 Å². The number of H-pyrrole nitrogens is 1. The minimum atomic E-state index is 1.06. The lowest BCUT2D eigenvalue weighted by atomic mass is 10.1. The number of hydrogen-bond donors (Lipinski definition) is 1. The van der Waals surface area contributed by atoms with Crippen LogP contribution in [0.25, 0.3) is 0 Å². The van der Waals surface area contributed by atoms with E-state index in [9.17, 15) is 0 Å². The highest BCUT2D eigenvalue weighted by Crippen LogP contribution is 2.24. The largest absolute Gasteiger partial charge is 0.346 e. The molecule has 0 unspecified atom stereocenters. The van der Waals surface area contributed by atoms with Crippen LogP contribution in [-0.2, 0) is 6.42 Å². The number of fused-ring (bicyclic) bond motifs is 1. The lowest BCUT2D eigenvalue weighted by Gasteiger charge is -2.03. The van der Waals surface area contributed by atoms with E-state index in [1.165, 1.54) is 11.1 Å². The average molecular weight is 134 g/mol. The van der Waals surface area contributed by atoms with Crippen molar-refractivity contribution in [2.45, 2.75) is 19.8 Å². The van der Waals surface area contributed by atoms with Crippen LogP contribution in [-0.4, -0.2) is 11.2 Å². The Labute approximate surface area is 60.0 Å². The van der Waals surface area contributed by atoms with Crippen LogP contribution in [0.2, 0.25) is 0 Å². The van der Waals surface area contributed by atoms with E-state index < -0.39 is 0 Å². The average Bonchev–Trinajstić information content (AvgIpc) is 2.34. The highest BCUT2D eigenvalue weighted by atomic mass is 14.9. The lowest BCUT2D eigenvalue weighted by Crippen LogP contribution is -1.91. The van der Waals surface area contributed by atoms with E-state index in [1.54, 1.807) is 0 Å². The third kappa shape index (κ3) is 0.685. The van der Waals surface area contributed by atoms with E-state index in [0.717, 1.165) is 18.7 Å². The van der Waals surface area contributed by atoms with Crippen LogP contribution < -0.4 is 0 Å². The van der Waals surface area contributed by atoms with Gasteiger partial charge < -0.3 is 4.98 Å². The molecular weight excluding hydrogens is 124 g/mol. The number of aryl methyl sites for hydroxylation is 1. The minimum Gasteiger partial charge on any atom is -0.346 e. The maximum atomic E-state index is 4.23. The van der Waals surface area contributed by atoms with Gasteiger partial charge in [0.25, 0.3) is 0 Å². The predicted octanol–water partition coefficient (Wildman–Crippen LogP) is 1.97. The Morgan fingerprint density at radius 2 is 2.50 bits per heavy atom. The zero-order valence-corrected chi connectivity index (χ0v) is 6.02. The summed E-state index contributed by atoms with van der Waals surface area (Å²) < 4.78 is 0. The van der Waals surface area contributed by atoms with E-state index in [2.05, 4.69) is 16.9 Å². The van der Waals surface area contributed by atoms with Crippen molar-refractivity contribution in [3.05, 3.63) is 17.3 Å². The molecule has 0 saturated heterocycles. The molecule has 1 aromatic rings. The molecule has 0 fully saturated rings. The van der Waals surface area contributed by atoms with Crippen molar-refractivity contribution in [3.8, 4) is 0 Å². The standard InChI is InChI=1S/C8H10N2/c1-6-5-10-8-7(6)3-2-4-9-8/h4-5,10H,2-3H2,1H3. The van der Waals surface area contributed by atoms with E-state index in [1.807, 2.05) is 12.4 Å². The number of aliphatic imine (C=N–C) groups is 1. The van der Waals surface area contributed by atoms with Gasteiger partial charge in [0.1, 0.15) is 5.82 Å². The smallest absolute Gasteiger partial charge is 0.132 e. The van der Waals surface area contributed by atoms with Crippen LogP contribution in [0.3, 0.4) is 0 Å². The minimum absolute atomic E-state index is 1.06. The van der Waals surface area contributed by atoms with Crippen molar-refractivity contribution < 1.29 is 0 Å². The third-order valence-corrected chi connectivity index (χ3v) is 1.93. The molecule has 52 valence electrons. The molecule has 0 spiro atoms. The Kier molecular flexibility index (Phi) is 1.13. The summed E-state index contributed by atoms with van der Waals surface area (Å²) >= 11 is 0. The van der Waals surface area contributed by atoms with Crippen molar-refractivity contribution in [1.29, 1.82) is 0 Å². The fourth-order valence-electron chi connectivity index (χ4n) is 1.33. The Morgan fingerprint density at radius 1 is 1.60 bits per heavy atom.